The van der Waals surface area contributed by atoms with Gasteiger partial charge in [-0.25, -0.2) is 4.79 Å². The number of aryl methyl sites for hydroxylation is 1. The summed E-state index contributed by atoms with van der Waals surface area (Å²) in [6.07, 6.45) is 8.37. The second-order valence-electron chi connectivity index (χ2n) is 6.11. The maximum absolute atomic E-state index is 12.4. The maximum Gasteiger partial charge on any atom is 0.341 e. The van der Waals surface area contributed by atoms with Gasteiger partial charge in [-0.1, -0.05) is 12.8 Å². The first-order chi connectivity index (χ1) is 10.7. The van der Waals surface area contributed by atoms with Crippen LogP contribution in [0.15, 0.2) is 0 Å². The van der Waals surface area contributed by atoms with E-state index in [4.69, 9.17) is 4.74 Å². The van der Waals surface area contributed by atoms with Crippen molar-refractivity contribution < 1.29 is 14.3 Å². The molecule has 0 unspecified atom stereocenters. The Balaban J connectivity index is 1.86. The maximum atomic E-state index is 12.4. The Kier molecular flexibility index (Phi) is 4.81. The zero-order valence-electron chi connectivity index (χ0n) is 13.1. The minimum Gasteiger partial charge on any atom is -0.462 e. The zero-order chi connectivity index (χ0) is 15.5. The largest absolute Gasteiger partial charge is 0.462 e. The van der Waals surface area contributed by atoms with Gasteiger partial charge in [0.2, 0.25) is 5.91 Å². The number of carbonyl (C=O) groups is 2. The third kappa shape index (κ3) is 3.05. The fourth-order valence-corrected chi connectivity index (χ4v) is 4.76. The molecule has 2 aliphatic carbocycles. The summed E-state index contributed by atoms with van der Waals surface area (Å²) in [5.41, 5.74) is 1.73. The Morgan fingerprint density at radius 3 is 2.64 bits per heavy atom. The molecular weight excluding hydrogens is 298 g/mol. The lowest BCUT2D eigenvalue weighted by molar-refractivity contribution is -0.119. The number of amides is 1. The van der Waals surface area contributed by atoms with E-state index in [-0.39, 0.29) is 17.8 Å². The van der Waals surface area contributed by atoms with Gasteiger partial charge in [-0.2, -0.15) is 0 Å². The summed E-state index contributed by atoms with van der Waals surface area (Å²) >= 11 is 1.57. The van der Waals surface area contributed by atoms with Crippen LogP contribution in [0.25, 0.3) is 0 Å². The van der Waals surface area contributed by atoms with Gasteiger partial charge in [-0.3, -0.25) is 4.79 Å². The number of nitrogens with one attached hydrogen (secondary N) is 1. The SMILES string of the molecule is CCOC(=O)c1c(NC(=O)C2CCCC2)sc2c1CCCC2. The predicted molar refractivity (Wildman–Crippen MR) is 87.5 cm³/mol. The normalized spacial score (nSPS) is 18.0. The van der Waals surface area contributed by atoms with E-state index >= 15 is 0 Å². The van der Waals surface area contributed by atoms with Crippen molar-refractivity contribution in [3.05, 3.63) is 16.0 Å². The van der Waals surface area contributed by atoms with Crippen LogP contribution in [0.5, 0.6) is 0 Å². The minimum atomic E-state index is -0.288. The molecule has 120 valence electrons. The Hall–Kier alpha value is -1.36. The van der Waals surface area contributed by atoms with E-state index in [1.807, 2.05) is 6.92 Å². The van der Waals surface area contributed by atoms with E-state index in [0.717, 1.165) is 56.9 Å². The van der Waals surface area contributed by atoms with Gasteiger partial charge in [-0.05, 0) is 51.0 Å². The molecule has 1 aromatic heterocycles. The smallest absolute Gasteiger partial charge is 0.341 e. The van der Waals surface area contributed by atoms with Crippen LogP contribution in [0.2, 0.25) is 0 Å². The van der Waals surface area contributed by atoms with Crippen molar-refractivity contribution in [2.45, 2.75) is 58.3 Å². The van der Waals surface area contributed by atoms with Crippen LogP contribution in [0.1, 0.15) is 66.2 Å². The van der Waals surface area contributed by atoms with E-state index < -0.39 is 0 Å². The van der Waals surface area contributed by atoms with Crippen molar-refractivity contribution in [1.82, 2.24) is 0 Å². The van der Waals surface area contributed by atoms with Crippen molar-refractivity contribution in [1.29, 1.82) is 0 Å². The number of anilines is 1. The van der Waals surface area contributed by atoms with Gasteiger partial charge in [0.1, 0.15) is 5.00 Å². The number of rotatable bonds is 4. The molecule has 0 radical (unpaired) electrons. The number of fused-ring (bicyclic) bond motifs is 1. The van der Waals surface area contributed by atoms with Gasteiger partial charge in [0.05, 0.1) is 12.2 Å². The highest BCUT2D eigenvalue weighted by molar-refractivity contribution is 7.17. The molecule has 0 saturated heterocycles. The fraction of sp³-hybridized carbons (Fsp3) is 0.647. The predicted octanol–water partition coefficient (Wildman–Crippen LogP) is 3.93. The number of carbonyl (C=O) groups excluding carboxylic acids is 2. The number of hydrogen-bond donors (Lipinski definition) is 1. The Morgan fingerprint density at radius 1 is 1.18 bits per heavy atom. The third-order valence-corrected chi connectivity index (χ3v) is 5.82. The van der Waals surface area contributed by atoms with Crippen LogP contribution in [0.4, 0.5) is 5.00 Å². The molecule has 22 heavy (non-hydrogen) atoms. The lowest BCUT2D eigenvalue weighted by atomic mass is 9.95. The first-order valence-corrected chi connectivity index (χ1v) is 9.15. The van der Waals surface area contributed by atoms with Gasteiger partial charge in [-0.15, -0.1) is 11.3 Å². The van der Waals surface area contributed by atoms with E-state index in [2.05, 4.69) is 5.32 Å². The summed E-state index contributed by atoms with van der Waals surface area (Å²) in [5, 5.41) is 3.74. The first kappa shape index (κ1) is 15.5. The molecule has 5 heteroatoms. The average molecular weight is 321 g/mol. The lowest BCUT2D eigenvalue weighted by Crippen LogP contribution is -2.21. The van der Waals surface area contributed by atoms with E-state index in [9.17, 15) is 9.59 Å². The Morgan fingerprint density at radius 2 is 1.91 bits per heavy atom. The molecule has 1 heterocycles. The van der Waals surface area contributed by atoms with Gasteiger partial charge in [0, 0.05) is 10.8 Å². The number of thiophene rings is 1. The fourth-order valence-electron chi connectivity index (χ4n) is 3.48. The van der Waals surface area contributed by atoms with Crippen LogP contribution >= 0.6 is 11.3 Å². The second kappa shape index (κ2) is 6.82. The van der Waals surface area contributed by atoms with Crippen LogP contribution in [0.3, 0.4) is 0 Å². The van der Waals surface area contributed by atoms with Crippen LogP contribution in [-0.2, 0) is 22.4 Å². The minimum absolute atomic E-state index is 0.0710. The summed E-state index contributed by atoms with van der Waals surface area (Å²) in [4.78, 5) is 26.0. The molecule has 0 bridgehead atoms. The van der Waals surface area contributed by atoms with Crippen LogP contribution < -0.4 is 5.32 Å². The molecule has 4 nitrogen and oxygen atoms in total. The van der Waals surface area contributed by atoms with Crippen molar-refractivity contribution in [3.63, 3.8) is 0 Å². The molecule has 1 N–H and O–H groups in total. The molecule has 3 rings (SSSR count). The third-order valence-electron chi connectivity index (χ3n) is 4.61. The monoisotopic (exact) mass is 321 g/mol. The lowest BCUT2D eigenvalue weighted by Gasteiger charge is -2.13. The molecule has 1 fully saturated rings. The highest BCUT2D eigenvalue weighted by Crippen LogP contribution is 2.39. The Bertz CT molecular complexity index is 573. The quantitative estimate of drug-likeness (QED) is 0.855. The zero-order valence-corrected chi connectivity index (χ0v) is 13.9. The molecule has 2 aliphatic rings. The van der Waals surface area contributed by atoms with E-state index in [1.54, 1.807) is 11.3 Å². The molecular formula is C17H23NO3S. The number of hydrogen-bond acceptors (Lipinski definition) is 4. The van der Waals surface area contributed by atoms with Gasteiger partial charge >= 0.3 is 5.97 Å². The van der Waals surface area contributed by atoms with Gasteiger partial charge in [0.15, 0.2) is 0 Å². The topological polar surface area (TPSA) is 55.4 Å². The van der Waals surface area contributed by atoms with Gasteiger partial charge in [0.25, 0.3) is 0 Å². The van der Waals surface area contributed by atoms with Crippen LogP contribution in [-0.4, -0.2) is 18.5 Å². The standard InChI is InChI=1S/C17H23NO3S/c1-2-21-17(20)14-12-9-5-6-10-13(12)22-16(14)18-15(19)11-7-3-4-8-11/h11H,2-10H2,1H3,(H,18,19). The number of esters is 1. The molecule has 1 amide bonds. The first-order valence-electron chi connectivity index (χ1n) is 8.33. The summed E-state index contributed by atoms with van der Waals surface area (Å²) in [6.45, 7) is 2.17. The van der Waals surface area contributed by atoms with Crippen molar-refractivity contribution in [3.8, 4) is 0 Å². The van der Waals surface area contributed by atoms with Crippen molar-refractivity contribution in [2.75, 3.05) is 11.9 Å². The molecule has 0 aliphatic heterocycles. The van der Waals surface area contributed by atoms with Gasteiger partial charge < -0.3 is 10.1 Å². The summed E-state index contributed by atoms with van der Waals surface area (Å²) in [6, 6.07) is 0. The van der Waals surface area contributed by atoms with Crippen molar-refractivity contribution >= 4 is 28.2 Å². The summed E-state index contributed by atoms with van der Waals surface area (Å²) < 4.78 is 5.22. The molecule has 1 saturated carbocycles. The average Bonchev–Trinajstić information content (AvgIpc) is 3.14. The van der Waals surface area contributed by atoms with E-state index in [0.29, 0.717) is 17.2 Å². The second-order valence-corrected chi connectivity index (χ2v) is 7.21. The Labute approximate surface area is 135 Å². The molecule has 0 atom stereocenters. The van der Waals surface area contributed by atoms with Crippen molar-refractivity contribution in [2.24, 2.45) is 5.92 Å². The van der Waals surface area contributed by atoms with E-state index in [1.165, 1.54) is 4.88 Å². The highest BCUT2D eigenvalue weighted by Gasteiger charge is 2.29. The number of ether oxygens (including phenoxy) is 1. The molecule has 0 aromatic carbocycles. The highest BCUT2D eigenvalue weighted by atomic mass is 32.1. The summed E-state index contributed by atoms with van der Waals surface area (Å²) in [7, 11) is 0. The summed E-state index contributed by atoms with van der Waals surface area (Å²) in [5.74, 6) is -0.112. The molecule has 0 spiro atoms. The van der Waals surface area contributed by atoms with Crippen LogP contribution in [0, 0.1) is 5.92 Å². The molecule has 1 aromatic rings.